The number of methoxy groups -OCH3 is 1. The third kappa shape index (κ3) is 6.26. The molecule has 9 nitrogen and oxygen atoms in total. The molecule has 0 atom stereocenters. The second kappa shape index (κ2) is 11.8. The van der Waals surface area contributed by atoms with Gasteiger partial charge in [0.2, 0.25) is 12.7 Å². The summed E-state index contributed by atoms with van der Waals surface area (Å²) < 4.78 is 22.8. The van der Waals surface area contributed by atoms with Crippen molar-refractivity contribution in [3.63, 3.8) is 0 Å². The van der Waals surface area contributed by atoms with E-state index in [-0.39, 0.29) is 11.7 Å². The van der Waals surface area contributed by atoms with E-state index < -0.39 is 23.6 Å². The number of benzene rings is 3. The van der Waals surface area contributed by atoms with Gasteiger partial charge in [0.15, 0.2) is 23.0 Å². The average molecular weight is 679 g/mol. The summed E-state index contributed by atoms with van der Waals surface area (Å²) in [5.74, 6) is 1.05. The Morgan fingerprint density at radius 1 is 1.13 bits per heavy atom. The Kier molecular flexibility index (Phi) is 8.19. The van der Waals surface area contributed by atoms with Crippen molar-refractivity contribution in [2.75, 3.05) is 25.8 Å². The number of carbonyl (C=O) groups excluding carboxylic acids is 3. The third-order valence-corrected chi connectivity index (χ3v) is 7.64. The predicted molar refractivity (Wildman–Crippen MR) is 155 cm³/mol. The van der Waals surface area contributed by atoms with Crippen molar-refractivity contribution < 1.29 is 33.3 Å². The van der Waals surface area contributed by atoms with Crippen LogP contribution in [0, 0.1) is 3.57 Å². The van der Waals surface area contributed by atoms with Gasteiger partial charge >= 0.3 is 0 Å². The maximum absolute atomic E-state index is 13.0. The maximum atomic E-state index is 13.0. The van der Waals surface area contributed by atoms with Crippen LogP contribution in [0.5, 0.6) is 23.0 Å². The second-order valence-electron chi connectivity index (χ2n) is 8.33. The lowest BCUT2D eigenvalue weighted by Gasteiger charge is -2.14. The molecule has 0 bridgehead atoms. The van der Waals surface area contributed by atoms with Gasteiger partial charge in [-0.1, -0.05) is 23.7 Å². The predicted octanol–water partition coefficient (Wildman–Crippen LogP) is 5.94. The fourth-order valence-corrected chi connectivity index (χ4v) is 5.55. The van der Waals surface area contributed by atoms with Crippen LogP contribution in [0.25, 0.3) is 6.08 Å². The summed E-state index contributed by atoms with van der Waals surface area (Å²) in [6.07, 6.45) is 1.59. The van der Waals surface area contributed by atoms with Gasteiger partial charge in [0.25, 0.3) is 11.1 Å². The van der Waals surface area contributed by atoms with Gasteiger partial charge in [0.1, 0.15) is 13.2 Å². The minimum atomic E-state index is -0.553. The normalized spacial score (nSPS) is 15.2. The molecule has 39 heavy (non-hydrogen) atoms. The van der Waals surface area contributed by atoms with Gasteiger partial charge in [0.05, 0.1) is 15.6 Å². The van der Waals surface area contributed by atoms with Crippen molar-refractivity contribution in [1.29, 1.82) is 0 Å². The molecule has 1 fully saturated rings. The highest BCUT2D eigenvalue weighted by molar-refractivity contribution is 14.1. The Balaban J connectivity index is 1.26. The van der Waals surface area contributed by atoms with E-state index in [1.54, 1.807) is 42.5 Å². The van der Waals surface area contributed by atoms with Gasteiger partial charge in [-0.2, -0.15) is 0 Å². The summed E-state index contributed by atoms with van der Waals surface area (Å²) in [6.45, 7) is 0.00476. The number of hydrogen-bond donors (Lipinski definition) is 1. The first-order valence-electron chi connectivity index (χ1n) is 11.5. The van der Waals surface area contributed by atoms with Crippen molar-refractivity contribution in [2.24, 2.45) is 0 Å². The standard InChI is InChI=1S/C27H20ClIN2O7S/c1-35-22-9-16(8-19(29)25(22)36-13-15-2-4-17(28)5-3-15)10-23-26(33)31(27(34)39-23)12-24(32)30-18-6-7-20-21(11-18)38-14-37-20/h2-11H,12-14H2,1H3,(H,30,32)/b23-10+. The van der Waals surface area contributed by atoms with E-state index >= 15 is 0 Å². The third-order valence-electron chi connectivity index (χ3n) is 5.68. The van der Waals surface area contributed by atoms with Crippen LogP contribution in [0.4, 0.5) is 10.5 Å². The molecule has 3 aromatic carbocycles. The molecule has 0 unspecified atom stereocenters. The first-order chi connectivity index (χ1) is 18.8. The summed E-state index contributed by atoms with van der Waals surface area (Å²) in [5.41, 5.74) is 2.05. The van der Waals surface area contributed by atoms with E-state index in [1.807, 2.05) is 18.2 Å². The van der Waals surface area contributed by atoms with Crippen molar-refractivity contribution in [1.82, 2.24) is 4.90 Å². The van der Waals surface area contributed by atoms with Gasteiger partial charge < -0.3 is 24.3 Å². The summed E-state index contributed by atoms with van der Waals surface area (Å²) in [7, 11) is 1.52. The number of halogens is 2. The first-order valence-corrected chi connectivity index (χ1v) is 13.8. The number of nitrogens with zero attached hydrogens (tertiary/aromatic N) is 1. The van der Waals surface area contributed by atoms with Crippen LogP contribution in [0.3, 0.4) is 0 Å². The number of thioether (sulfide) groups is 1. The lowest BCUT2D eigenvalue weighted by molar-refractivity contribution is -0.127. The molecule has 2 heterocycles. The van der Waals surface area contributed by atoms with Crippen LogP contribution in [-0.2, 0) is 16.2 Å². The minimum absolute atomic E-state index is 0.111. The summed E-state index contributed by atoms with van der Waals surface area (Å²) >= 11 is 8.84. The van der Waals surface area contributed by atoms with Crippen molar-refractivity contribution in [2.45, 2.75) is 6.61 Å². The summed E-state index contributed by atoms with van der Waals surface area (Å²) in [4.78, 5) is 39.2. The molecule has 0 aromatic heterocycles. The largest absolute Gasteiger partial charge is 0.493 e. The highest BCUT2D eigenvalue weighted by Gasteiger charge is 2.36. The van der Waals surface area contributed by atoms with E-state index in [0.29, 0.717) is 45.9 Å². The van der Waals surface area contributed by atoms with E-state index in [0.717, 1.165) is 25.8 Å². The lowest BCUT2D eigenvalue weighted by atomic mass is 10.1. The molecule has 1 N–H and O–H groups in total. The number of nitrogens with one attached hydrogen (secondary N) is 1. The molecular formula is C27H20ClIN2O7S. The molecule has 0 saturated carbocycles. The maximum Gasteiger partial charge on any atom is 0.294 e. The lowest BCUT2D eigenvalue weighted by Crippen LogP contribution is -2.36. The van der Waals surface area contributed by atoms with E-state index in [4.69, 9.17) is 30.5 Å². The van der Waals surface area contributed by atoms with Crippen LogP contribution >= 0.6 is 46.0 Å². The fourth-order valence-electron chi connectivity index (χ4n) is 3.81. The minimum Gasteiger partial charge on any atom is -0.493 e. The average Bonchev–Trinajstić information content (AvgIpc) is 3.48. The Morgan fingerprint density at radius 3 is 2.67 bits per heavy atom. The highest BCUT2D eigenvalue weighted by Crippen LogP contribution is 2.38. The van der Waals surface area contributed by atoms with Gasteiger partial charge in [-0.25, -0.2) is 0 Å². The van der Waals surface area contributed by atoms with Crippen molar-refractivity contribution >= 4 is 74.8 Å². The molecule has 0 radical (unpaired) electrons. The molecular weight excluding hydrogens is 659 g/mol. The zero-order chi connectivity index (χ0) is 27.5. The smallest absolute Gasteiger partial charge is 0.294 e. The van der Waals surface area contributed by atoms with E-state index in [9.17, 15) is 14.4 Å². The highest BCUT2D eigenvalue weighted by atomic mass is 127. The van der Waals surface area contributed by atoms with Crippen LogP contribution in [0.2, 0.25) is 5.02 Å². The molecule has 0 spiro atoms. The van der Waals surface area contributed by atoms with Gasteiger partial charge in [-0.05, 0) is 88.0 Å². The Morgan fingerprint density at radius 2 is 1.90 bits per heavy atom. The number of carbonyl (C=O) groups is 3. The number of amides is 3. The number of rotatable bonds is 8. The van der Waals surface area contributed by atoms with E-state index in [2.05, 4.69) is 27.9 Å². The molecule has 12 heteroatoms. The number of imide groups is 1. The number of anilines is 1. The van der Waals surface area contributed by atoms with Gasteiger partial charge in [-0.15, -0.1) is 0 Å². The molecule has 0 aliphatic carbocycles. The van der Waals surface area contributed by atoms with E-state index in [1.165, 1.54) is 7.11 Å². The van der Waals surface area contributed by atoms with Crippen molar-refractivity contribution in [3.05, 3.63) is 79.2 Å². The number of fused-ring (bicyclic) bond motifs is 1. The first kappa shape index (κ1) is 27.2. The monoisotopic (exact) mass is 678 g/mol. The van der Waals surface area contributed by atoms with Crippen LogP contribution < -0.4 is 24.3 Å². The van der Waals surface area contributed by atoms with Gasteiger partial charge in [-0.3, -0.25) is 19.3 Å². The molecule has 2 aliphatic rings. The second-order valence-corrected chi connectivity index (χ2v) is 10.9. The molecule has 1 saturated heterocycles. The van der Waals surface area contributed by atoms with Gasteiger partial charge in [0, 0.05) is 16.8 Å². The molecule has 3 amide bonds. The Bertz CT molecular complexity index is 1500. The number of ether oxygens (including phenoxy) is 4. The SMILES string of the molecule is COc1cc(/C=C2/SC(=O)N(CC(=O)Nc3ccc4c(c3)OCO4)C2=O)cc(I)c1OCc1ccc(Cl)cc1. The van der Waals surface area contributed by atoms with Crippen LogP contribution in [0.1, 0.15) is 11.1 Å². The zero-order valence-corrected chi connectivity index (χ0v) is 24.1. The Hall–Kier alpha value is -3.42. The van der Waals surface area contributed by atoms with Crippen LogP contribution in [0.15, 0.2) is 59.5 Å². The number of hydrogen-bond acceptors (Lipinski definition) is 8. The quantitative estimate of drug-likeness (QED) is 0.231. The fraction of sp³-hybridized carbons (Fsp3) is 0.148. The van der Waals surface area contributed by atoms with Crippen LogP contribution in [-0.4, -0.2) is 42.4 Å². The summed E-state index contributed by atoms with van der Waals surface area (Å²) in [6, 6.07) is 15.8. The molecule has 2 aliphatic heterocycles. The molecule has 5 rings (SSSR count). The van der Waals surface area contributed by atoms with Crippen molar-refractivity contribution in [3.8, 4) is 23.0 Å². The molecule has 200 valence electrons. The summed E-state index contributed by atoms with van der Waals surface area (Å²) in [5, 5.41) is 2.78. The topological polar surface area (TPSA) is 103 Å². The zero-order valence-electron chi connectivity index (χ0n) is 20.4. The Labute approximate surface area is 246 Å². The molecule has 3 aromatic rings.